The number of nitrogens with zero attached hydrogens (tertiary/aromatic N) is 3. The third-order valence-corrected chi connectivity index (χ3v) is 3.23. The minimum absolute atomic E-state index is 0.133. The van der Waals surface area contributed by atoms with E-state index in [1.54, 1.807) is 6.20 Å². The summed E-state index contributed by atoms with van der Waals surface area (Å²) in [6, 6.07) is 9.42. The fourth-order valence-corrected chi connectivity index (χ4v) is 2.05. The highest BCUT2D eigenvalue weighted by molar-refractivity contribution is 5.86. The Labute approximate surface area is 133 Å². The summed E-state index contributed by atoms with van der Waals surface area (Å²) in [4.78, 5) is 23.3. The van der Waals surface area contributed by atoms with Gasteiger partial charge in [0.1, 0.15) is 12.2 Å². The number of benzene rings is 1. The van der Waals surface area contributed by atoms with E-state index in [1.807, 2.05) is 30.3 Å². The minimum Gasteiger partial charge on any atom is -0.479 e. The predicted octanol–water partition coefficient (Wildman–Crippen LogP) is 0.551. The van der Waals surface area contributed by atoms with Gasteiger partial charge in [-0.2, -0.15) is 0 Å². The molecule has 1 atom stereocenters. The summed E-state index contributed by atoms with van der Waals surface area (Å²) in [5.74, 6) is -1.66. The molecule has 1 aromatic carbocycles. The van der Waals surface area contributed by atoms with E-state index in [9.17, 15) is 14.7 Å². The highest BCUT2D eigenvalue weighted by atomic mass is 16.5. The Morgan fingerprint density at radius 1 is 1.35 bits per heavy atom. The molecule has 0 aliphatic heterocycles. The molecule has 122 valence electrons. The van der Waals surface area contributed by atoms with Crippen LogP contribution in [0.5, 0.6) is 0 Å². The molecule has 8 heteroatoms. The van der Waals surface area contributed by atoms with E-state index in [0.29, 0.717) is 5.69 Å². The van der Waals surface area contributed by atoms with E-state index in [1.165, 1.54) is 18.7 Å². The Bertz CT molecular complexity index is 686. The highest BCUT2D eigenvalue weighted by Crippen LogP contribution is 2.14. The van der Waals surface area contributed by atoms with Gasteiger partial charge in [-0.25, -0.2) is 9.48 Å². The van der Waals surface area contributed by atoms with Gasteiger partial charge < -0.3 is 15.2 Å². The van der Waals surface area contributed by atoms with Gasteiger partial charge in [-0.3, -0.25) is 4.79 Å². The van der Waals surface area contributed by atoms with Crippen LogP contribution in [-0.2, 0) is 20.9 Å². The predicted molar refractivity (Wildman–Crippen MR) is 81.5 cm³/mol. The van der Waals surface area contributed by atoms with Gasteiger partial charge in [-0.1, -0.05) is 35.5 Å². The molecule has 1 heterocycles. The van der Waals surface area contributed by atoms with Crippen molar-refractivity contribution in [3.8, 4) is 11.3 Å². The number of carboxylic acids is 1. The van der Waals surface area contributed by atoms with Gasteiger partial charge in [0.2, 0.25) is 5.91 Å². The monoisotopic (exact) mass is 318 g/mol. The molecule has 1 unspecified atom stereocenters. The van der Waals surface area contributed by atoms with Gasteiger partial charge in [0.25, 0.3) is 0 Å². The van der Waals surface area contributed by atoms with Crippen molar-refractivity contribution in [2.24, 2.45) is 0 Å². The smallest absolute Gasteiger partial charge is 0.331 e. The lowest BCUT2D eigenvalue weighted by atomic mass is 10.0. The number of carboxylic acid groups (broad SMARTS) is 1. The van der Waals surface area contributed by atoms with Crippen LogP contribution in [0.2, 0.25) is 0 Å². The van der Waals surface area contributed by atoms with Crippen LogP contribution in [0.25, 0.3) is 11.3 Å². The van der Waals surface area contributed by atoms with Crippen LogP contribution >= 0.6 is 0 Å². The van der Waals surface area contributed by atoms with Crippen LogP contribution in [0.4, 0.5) is 0 Å². The maximum atomic E-state index is 12.0. The van der Waals surface area contributed by atoms with Crippen molar-refractivity contribution in [1.82, 2.24) is 20.3 Å². The van der Waals surface area contributed by atoms with E-state index in [2.05, 4.69) is 15.6 Å². The molecule has 2 rings (SSSR count). The number of aromatic nitrogens is 3. The zero-order valence-corrected chi connectivity index (χ0v) is 12.9. The van der Waals surface area contributed by atoms with Crippen molar-refractivity contribution in [2.45, 2.75) is 19.0 Å². The Balaban J connectivity index is 2.04. The average Bonchev–Trinajstić information content (AvgIpc) is 2.96. The Kier molecular flexibility index (Phi) is 5.07. The molecular formula is C15H18N4O4. The second kappa shape index (κ2) is 7.01. The lowest BCUT2D eigenvalue weighted by Gasteiger charge is -2.25. The number of hydrogen-bond acceptors (Lipinski definition) is 5. The number of methoxy groups -OCH3 is 1. The molecule has 0 radical (unpaired) electrons. The topological polar surface area (TPSA) is 106 Å². The third-order valence-electron chi connectivity index (χ3n) is 3.23. The largest absolute Gasteiger partial charge is 0.479 e. The van der Waals surface area contributed by atoms with Gasteiger partial charge in [0.15, 0.2) is 5.54 Å². The van der Waals surface area contributed by atoms with Crippen LogP contribution in [-0.4, -0.2) is 51.2 Å². The summed E-state index contributed by atoms with van der Waals surface area (Å²) in [5, 5.41) is 19.5. The molecule has 1 aromatic heterocycles. The van der Waals surface area contributed by atoms with Gasteiger partial charge in [-0.15, -0.1) is 5.10 Å². The lowest BCUT2D eigenvalue weighted by molar-refractivity contribution is -0.149. The fraction of sp³-hybridized carbons (Fsp3) is 0.333. The molecule has 8 nitrogen and oxygen atoms in total. The molecule has 0 saturated heterocycles. The number of aliphatic carboxylic acids is 1. The Morgan fingerprint density at radius 2 is 2.04 bits per heavy atom. The standard InChI is InChI=1S/C15H18N4O4/c1-15(10-23-2,14(21)22)16-13(20)9-19-8-12(17-18-19)11-6-4-3-5-7-11/h3-8H,9-10H2,1-2H3,(H,16,20)(H,21,22). The average molecular weight is 318 g/mol. The Morgan fingerprint density at radius 3 is 2.65 bits per heavy atom. The molecule has 2 aromatic rings. The SMILES string of the molecule is COCC(C)(NC(=O)Cn1cc(-c2ccccc2)nn1)C(=O)O. The quantitative estimate of drug-likeness (QED) is 0.772. The van der Waals surface area contributed by atoms with Crippen LogP contribution in [0, 0.1) is 0 Å². The van der Waals surface area contributed by atoms with E-state index < -0.39 is 17.4 Å². The molecule has 1 amide bonds. The van der Waals surface area contributed by atoms with E-state index in [-0.39, 0.29) is 13.2 Å². The number of amides is 1. The van der Waals surface area contributed by atoms with Crippen molar-refractivity contribution in [3.63, 3.8) is 0 Å². The molecule has 0 aliphatic rings. The van der Waals surface area contributed by atoms with Crippen molar-refractivity contribution < 1.29 is 19.4 Å². The third kappa shape index (κ3) is 4.13. The number of nitrogens with one attached hydrogen (secondary N) is 1. The molecule has 0 bridgehead atoms. The molecule has 0 spiro atoms. The summed E-state index contributed by atoms with van der Waals surface area (Å²) in [6.07, 6.45) is 1.63. The van der Waals surface area contributed by atoms with Crippen LogP contribution in [0.1, 0.15) is 6.92 Å². The molecule has 0 aliphatic carbocycles. The zero-order chi connectivity index (χ0) is 16.9. The van der Waals surface area contributed by atoms with Crippen molar-refractivity contribution in [3.05, 3.63) is 36.5 Å². The van der Waals surface area contributed by atoms with Gasteiger partial charge >= 0.3 is 5.97 Å². The second-order valence-electron chi connectivity index (χ2n) is 5.29. The van der Waals surface area contributed by atoms with E-state index >= 15 is 0 Å². The number of hydrogen-bond donors (Lipinski definition) is 2. The first kappa shape index (κ1) is 16.6. The fourth-order valence-electron chi connectivity index (χ4n) is 2.05. The maximum Gasteiger partial charge on any atom is 0.331 e. The summed E-state index contributed by atoms with van der Waals surface area (Å²) in [7, 11) is 1.37. The minimum atomic E-state index is -1.49. The summed E-state index contributed by atoms with van der Waals surface area (Å²) in [6.45, 7) is 1.11. The van der Waals surface area contributed by atoms with Crippen molar-refractivity contribution in [2.75, 3.05) is 13.7 Å². The molecule has 0 fully saturated rings. The number of carbonyl (C=O) groups is 2. The second-order valence-corrected chi connectivity index (χ2v) is 5.29. The zero-order valence-electron chi connectivity index (χ0n) is 12.9. The van der Waals surface area contributed by atoms with Crippen LogP contribution < -0.4 is 5.32 Å². The van der Waals surface area contributed by atoms with E-state index in [0.717, 1.165) is 5.56 Å². The number of ether oxygens (including phenoxy) is 1. The van der Waals surface area contributed by atoms with Crippen molar-refractivity contribution >= 4 is 11.9 Å². The first-order chi connectivity index (χ1) is 10.9. The molecule has 23 heavy (non-hydrogen) atoms. The maximum absolute atomic E-state index is 12.0. The summed E-state index contributed by atoms with van der Waals surface area (Å²) < 4.78 is 6.20. The van der Waals surface area contributed by atoms with Gasteiger partial charge in [-0.05, 0) is 6.92 Å². The molecular weight excluding hydrogens is 300 g/mol. The summed E-state index contributed by atoms with van der Waals surface area (Å²) >= 11 is 0. The van der Waals surface area contributed by atoms with E-state index in [4.69, 9.17) is 4.74 Å². The van der Waals surface area contributed by atoms with Gasteiger partial charge in [0, 0.05) is 12.7 Å². The lowest BCUT2D eigenvalue weighted by Crippen LogP contribution is -2.56. The van der Waals surface area contributed by atoms with Crippen LogP contribution in [0.15, 0.2) is 36.5 Å². The normalized spacial score (nSPS) is 13.3. The number of carbonyl (C=O) groups excluding carboxylic acids is 1. The summed E-state index contributed by atoms with van der Waals surface area (Å²) in [5.41, 5.74) is 0.0273. The number of rotatable bonds is 7. The first-order valence-corrected chi connectivity index (χ1v) is 6.93. The highest BCUT2D eigenvalue weighted by Gasteiger charge is 2.35. The molecule has 0 saturated carbocycles. The van der Waals surface area contributed by atoms with Crippen LogP contribution in [0.3, 0.4) is 0 Å². The Hall–Kier alpha value is -2.74. The first-order valence-electron chi connectivity index (χ1n) is 6.93. The van der Waals surface area contributed by atoms with Crippen molar-refractivity contribution in [1.29, 1.82) is 0 Å². The van der Waals surface area contributed by atoms with Gasteiger partial charge in [0.05, 0.1) is 12.8 Å². The molecule has 2 N–H and O–H groups in total.